The Bertz CT molecular complexity index is 2030. The molecule has 0 fully saturated rings. The maximum absolute atomic E-state index is 2.48. The van der Waals surface area contributed by atoms with Crippen LogP contribution in [0.3, 0.4) is 0 Å². The van der Waals surface area contributed by atoms with E-state index in [9.17, 15) is 0 Å². The second-order valence-electron chi connectivity index (χ2n) is 8.58. The minimum absolute atomic E-state index is 1.21. The first-order valence-electron chi connectivity index (χ1n) is 11.1. The van der Waals surface area contributed by atoms with Gasteiger partial charge in [0.05, 0.1) is 15.0 Å². The lowest BCUT2D eigenvalue weighted by molar-refractivity contribution is 1.19. The molecule has 0 N–H and O–H groups in total. The van der Waals surface area contributed by atoms with Crippen LogP contribution in [0.2, 0.25) is 0 Å². The van der Waals surface area contributed by atoms with Gasteiger partial charge in [0.15, 0.2) is 0 Å². The van der Waals surface area contributed by atoms with Crippen molar-refractivity contribution in [3.63, 3.8) is 0 Å². The van der Waals surface area contributed by atoms with E-state index < -0.39 is 0 Å². The molecule has 0 atom stereocenters. The zero-order chi connectivity index (χ0) is 21.5. The fraction of sp³-hybridized carbons (Fsp3) is 0. The van der Waals surface area contributed by atoms with Crippen LogP contribution in [0.25, 0.3) is 67.8 Å². The van der Waals surface area contributed by atoms with Crippen molar-refractivity contribution in [1.29, 1.82) is 0 Å². The fourth-order valence-electron chi connectivity index (χ4n) is 5.38. The molecule has 0 aliphatic heterocycles. The first kappa shape index (κ1) is 17.8. The summed E-state index contributed by atoms with van der Waals surface area (Å²) in [4.78, 5) is 0. The van der Waals surface area contributed by atoms with E-state index >= 15 is 0 Å². The zero-order valence-corrected chi connectivity index (χ0v) is 19.2. The van der Waals surface area contributed by atoms with Gasteiger partial charge >= 0.3 is 0 Å². The standard InChI is InChI=1S/C30H17NS2/c1-2-8-19-17-20(14-13-18(19)7-1)31-24-11-5-3-9-21(24)22-15-16-26-28(29(22)31)27-23-10-4-6-12-25(23)32-30(27)33-26/h1-17H. The number of nitrogens with zero attached hydrogens (tertiary/aromatic N) is 1. The normalized spacial score (nSPS) is 12.2. The van der Waals surface area contributed by atoms with Crippen LogP contribution >= 0.6 is 22.7 Å². The highest BCUT2D eigenvalue weighted by atomic mass is 32.2. The van der Waals surface area contributed by atoms with Crippen molar-refractivity contribution >= 4 is 84.8 Å². The highest BCUT2D eigenvalue weighted by Gasteiger charge is 2.20. The van der Waals surface area contributed by atoms with Crippen LogP contribution in [0.15, 0.2) is 103 Å². The predicted molar refractivity (Wildman–Crippen MR) is 147 cm³/mol. The molecule has 0 amide bonds. The van der Waals surface area contributed by atoms with Crippen molar-refractivity contribution in [2.24, 2.45) is 0 Å². The Balaban J connectivity index is 1.64. The number of para-hydroxylation sites is 1. The minimum Gasteiger partial charge on any atom is -0.309 e. The highest BCUT2D eigenvalue weighted by molar-refractivity contribution is 7.44. The first-order chi connectivity index (χ1) is 16.4. The molecule has 154 valence electrons. The van der Waals surface area contributed by atoms with E-state index in [4.69, 9.17) is 0 Å². The number of rotatable bonds is 1. The average Bonchev–Trinajstić information content (AvgIpc) is 3.51. The molecule has 0 saturated heterocycles. The summed E-state index contributed by atoms with van der Waals surface area (Å²) in [6, 6.07) is 37.8. The van der Waals surface area contributed by atoms with Gasteiger partial charge in [-0.05, 0) is 41.1 Å². The molecule has 3 aromatic heterocycles. The Kier molecular flexibility index (Phi) is 3.48. The van der Waals surface area contributed by atoms with Crippen LogP contribution in [-0.2, 0) is 0 Å². The molecule has 0 saturated carbocycles. The second kappa shape index (κ2) is 6.44. The van der Waals surface area contributed by atoms with Gasteiger partial charge in [0, 0.05) is 42.0 Å². The Morgan fingerprint density at radius 3 is 2.21 bits per heavy atom. The zero-order valence-electron chi connectivity index (χ0n) is 17.6. The Labute approximate surface area is 197 Å². The summed E-state index contributed by atoms with van der Waals surface area (Å²) >= 11 is 3.84. The molecule has 33 heavy (non-hydrogen) atoms. The van der Waals surface area contributed by atoms with E-state index in [2.05, 4.69) is 108 Å². The molecule has 0 spiro atoms. The highest BCUT2D eigenvalue weighted by Crippen LogP contribution is 2.48. The molecule has 8 aromatic rings. The quantitative estimate of drug-likeness (QED) is 0.232. The van der Waals surface area contributed by atoms with Gasteiger partial charge in [-0.2, -0.15) is 0 Å². The molecule has 8 rings (SSSR count). The summed E-state index contributed by atoms with van der Waals surface area (Å²) in [5.74, 6) is 0. The molecule has 0 aliphatic rings. The molecule has 3 heteroatoms. The van der Waals surface area contributed by atoms with Crippen LogP contribution in [0.4, 0.5) is 0 Å². The molecule has 0 radical (unpaired) electrons. The van der Waals surface area contributed by atoms with E-state index in [1.165, 1.54) is 67.8 Å². The molecule has 0 bridgehead atoms. The van der Waals surface area contributed by atoms with Crippen molar-refractivity contribution in [3.05, 3.63) is 103 Å². The summed E-state index contributed by atoms with van der Waals surface area (Å²) in [6.45, 7) is 0. The molecule has 1 nitrogen and oxygen atoms in total. The van der Waals surface area contributed by atoms with Gasteiger partial charge in [0.2, 0.25) is 0 Å². The second-order valence-corrected chi connectivity index (χ2v) is 10.9. The summed E-state index contributed by atoms with van der Waals surface area (Å²) < 4.78 is 6.62. The third-order valence-corrected chi connectivity index (χ3v) is 9.22. The summed E-state index contributed by atoms with van der Waals surface area (Å²) in [7, 11) is 0. The first-order valence-corrected chi connectivity index (χ1v) is 12.8. The molecular formula is C30H17NS2. The Morgan fingerprint density at radius 1 is 0.515 bits per heavy atom. The monoisotopic (exact) mass is 455 g/mol. The summed E-state index contributed by atoms with van der Waals surface area (Å²) in [6.07, 6.45) is 0. The van der Waals surface area contributed by atoms with Gasteiger partial charge in [-0.3, -0.25) is 0 Å². The van der Waals surface area contributed by atoms with Crippen LogP contribution < -0.4 is 0 Å². The molecule has 0 unspecified atom stereocenters. The SMILES string of the molecule is c1ccc2cc(-n3c4ccccc4c4ccc5sc6sc7ccccc7c6c5c43)ccc2c1. The third kappa shape index (κ3) is 2.36. The van der Waals surface area contributed by atoms with Crippen LogP contribution in [0.1, 0.15) is 0 Å². The topological polar surface area (TPSA) is 4.93 Å². The minimum atomic E-state index is 1.21. The van der Waals surface area contributed by atoms with Gasteiger partial charge in [-0.15, -0.1) is 22.7 Å². The van der Waals surface area contributed by atoms with Crippen molar-refractivity contribution in [2.45, 2.75) is 0 Å². The van der Waals surface area contributed by atoms with Crippen LogP contribution in [0, 0.1) is 0 Å². The summed E-state index contributed by atoms with van der Waals surface area (Å²) in [5, 5.41) is 9.33. The van der Waals surface area contributed by atoms with Gasteiger partial charge in [-0.25, -0.2) is 0 Å². The van der Waals surface area contributed by atoms with E-state index in [1.807, 2.05) is 22.7 Å². The molecule has 5 aromatic carbocycles. The maximum atomic E-state index is 2.48. The Morgan fingerprint density at radius 2 is 1.27 bits per heavy atom. The van der Waals surface area contributed by atoms with Crippen molar-refractivity contribution in [1.82, 2.24) is 4.57 Å². The number of thiophene rings is 2. The lowest BCUT2D eigenvalue weighted by atomic mass is 10.1. The average molecular weight is 456 g/mol. The molecular weight excluding hydrogens is 438 g/mol. The van der Waals surface area contributed by atoms with Gasteiger partial charge in [0.1, 0.15) is 0 Å². The maximum Gasteiger partial charge on any atom is 0.0891 e. The van der Waals surface area contributed by atoms with Crippen molar-refractivity contribution in [2.75, 3.05) is 0 Å². The van der Waals surface area contributed by atoms with E-state index in [-0.39, 0.29) is 0 Å². The largest absolute Gasteiger partial charge is 0.309 e. The van der Waals surface area contributed by atoms with Gasteiger partial charge < -0.3 is 4.57 Å². The predicted octanol–water partition coefficient (Wildman–Crippen LogP) is 9.52. The molecule has 0 aliphatic carbocycles. The van der Waals surface area contributed by atoms with Crippen LogP contribution in [0.5, 0.6) is 0 Å². The van der Waals surface area contributed by atoms with Crippen molar-refractivity contribution < 1.29 is 0 Å². The summed E-state index contributed by atoms with van der Waals surface area (Å²) in [5.41, 5.74) is 3.79. The number of aromatic nitrogens is 1. The van der Waals surface area contributed by atoms with Gasteiger partial charge in [-0.1, -0.05) is 72.8 Å². The fourth-order valence-corrected chi connectivity index (χ4v) is 7.98. The third-order valence-electron chi connectivity index (χ3n) is 6.81. The van der Waals surface area contributed by atoms with Crippen LogP contribution in [-0.4, -0.2) is 4.57 Å². The number of hydrogen-bond donors (Lipinski definition) is 0. The number of benzene rings is 5. The van der Waals surface area contributed by atoms with E-state index in [0.717, 1.165) is 0 Å². The lowest BCUT2D eigenvalue weighted by Gasteiger charge is -2.10. The molecule has 3 heterocycles. The number of hydrogen-bond acceptors (Lipinski definition) is 2. The van der Waals surface area contributed by atoms with Crippen molar-refractivity contribution in [3.8, 4) is 5.69 Å². The smallest absolute Gasteiger partial charge is 0.0891 e. The van der Waals surface area contributed by atoms with Gasteiger partial charge in [0.25, 0.3) is 0 Å². The van der Waals surface area contributed by atoms with E-state index in [1.54, 1.807) is 0 Å². The van der Waals surface area contributed by atoms with E-state index in [0.29, 0.717) is 0 Å². The Hall–Kier alpha value is -3.66. The number of fused-ring (bicyclic) bond motifs is 10. The lowest BCUT2D eigenvalue weighted by Crippen LogP contribution is -1.94.